The maximum absolute atomic E-state index is 12.3. The Balaban J connectivity index is 1.99. The third-order valence-corrected chi connectivity index (χ3v) is 3.99. The van der Waals surface area contributed by atoms with E-state index in [1.54, 1.807) is 7.11 Å². The van der Waals surface area contributed by atoms with Gasteiger partial charge in [-0.3, -0.25) is 4.79 Å². The van der Waals surface area contributed by atoms with Crippen LogP contribution in [0.1, 0.15) is 31.7 Å². The fourth-order valence-corrected chi connectivity index (χ4v) is 2.52. The number of hydrogen-bond acceptors (Lipinski definition) is 3. The van der Waals surface area contributed by atoms with Crippen LogP contribution in [0.15, 0.2) is 36.4 Å². The van der Waals surface area contributed by atoms with E-state index < -0.39 is 0 Å². The number of hydrogen-bond donors (Lipinski definition) is 2. The van der Waals surface area contributed by atoms with E-state index >= 15 is 0 Å². The number of methoxy groups -OCH3 is 1. The molecule has 0 saturated carbocycles. The average Bonchev–Trinajstić information content (AvgIpc) is 2.59. The first kappa shape index (κ1) is 17.3. The van der Waals surface area contributed by atoms with Crippen molar-refractivity contribution in [3.63, 3.8) is 0 Å². The highest BCUT2D eigenvalue weighted by Gasteiger charge is 2.15. The van der Waals surface area contributed by atoms with E-state index in [1.165, 1.54) is 0 Å². The molecule has 2 aromatic carbocycles. The number of carbonyl (C=O) groups excluding carboxylic acids is 1. The Hall–Kier alpha value is -2.07. The Labute approximate surface area is 138 Å². The molecule has 0 aromatic heterocycles. The summed E-state index contributed by atoms with van der Waals surface area (Å²) in [6.07, 6.45) is 1.10. The van der Waals surface area contributed by atoms with Gasteiger partial charge in [0.05, 0.1) is 13.0 Å². The monoisotopic (exact) mass is 314 g/mol. The molecular weight excluding hydrogens is 288 g/mol. The number of rotatable bonds is 8. The van der Waals surface area contributed by atoms with Gasteiger partial charge in [0.2, 0.25) is 5.91 Å². The van der Waals surface area contributed by atoms with Crippen LogP contribution in [0.4, 0.5) is 0 Å². The molecule has 0 fully saturated rings. The minimum absolute atomic E-state index is 0.0659. The van der Waals surface area contributed by atoms with Crippen molar-refractivity contribution in [3.05, 3.63) is 42.0 Å². The van der Waals surface area contributed by atoms with E-state index in [9.17, 15) is 4.79 Å². The predicted octanol–water partition coefficient (Wildman–Crippen LogP) is 3.07. The number of ether oxygens (including phenoxy) is 1. The van der Waals surface area contributed by atoms with Crippen molar-refractivity contribution in [1.82, 2.24) is 10.6 Å². The van der Waals surface area contributed by atoms with Crippen LogP contribution in [0.25, 0.3) is 10.8 Å². The fraction of sp³-hybridized carbons (Fsp3) is 0.421. The van der Waals surface area contributed by atoms with Crippen molar-refractivity contribution in [1.29, 1.82) is 0 Å². The number of benzene rings is 2. The molecule has 124 valence electrons. The second kappa shape index (κ2) is 8.53. The molecule has 0 aliphatic carbocycles. The summed E-state index contributed by atoms with van der Waals surface area (Å²) < 4.78 is 5.24. The molecular formula is C19H26N2O2. The molecule has 4 nitrogen and oxygen atoms in total. The van der Waals surface area contributed by atoms with Crippen LogP contribution in [-0.4, -0.2) is 32.7 Å². The van der Waals surface area contributed by atoms with Crippen molar-refractivity contribution in [2.24, 2.45) is 0 Å². The van der Waals surface area contributed by atoms with Crippen molar-refractivity contribution in [2.75, 3.05) is 26.7 Å². The highest BCUT2D eigenvalue weighted by Crippen LogP contribution is 2.25. The summed E-state index contributed by atoms with van der Waals surface area (Å²) in [5.41, 5.74) is 1.03. The zero-order valence-electron chi connectivity index (χ0n) is 14.2. The van der Waals surface area contributed by atoms with Gasteiger partial charge in [-0.05, 0) is 48.4 Å². The summed E-state index contributed by atoms with van der Waals surface area (Å²) in [4.78, 5) is 12.3. The van der Waals surface area contributed by atoms with E-state index in [1.807, 2.05) is 37.3 Å². The Morgan fingerprint density at radius 3 is 2.57 bits per heavy atom. The molecule has 0 aliphatic heterocycles. The standard InChI is InChI=1S/C19H26N2O2/c1-4-9-20-10-11-21-19(22)14(2)15-5-6-17-13-18(23-3)8-7-16(17)12-15/h5-8,12-14,20H,4,9-11H2,1-3H3,(H,21,22). The van der Waals surface area contributed by atoms with Gasteiger partial charge in [-0.25, -0.2) is 0 Å². The summed E-state index contributed by atoms with van der Waals surface area (Å²) in [5, 5.41) is 8.50. The largest absolute Gasteiger partial charge is 0.497 e. The van der Waals surface area contributed by atoms with Gasteiger partial charge in [0.15, 0.2) is 0 Å². The summed E-state index contributed by atoms with van der Waals surface area (Å²) in [5.74, 6) is 0.749. The minimum Gasteiger partial charge on any atom is -0.497 e. The molecule has 1 atom stereocenters. The van der Waals surface area contributed by atoms with Crippen molar-refractivity contribution in [3.8, 4) is 5.75 Å². The molecule has 1 unspecified atom stereocenters. The molecule has 0 spiro atoms. The normalized spacial score (nSPS) is 12.1. The SMILES string of the molecule is CCCNCCNC(=O)C(C)c1ccc2cc(OC)ccc2c1. The fourth-order valence-electron chi connectivity index (χ4n) is 2.52. The van der Waals surface area contributed by atoms with Gasteiger partial charge in [-0.2, -0.15) is 0 Å². The van der Waals surface area contributed by atoms with Gasteiger partial charge in [-0.1, -0.05) is 31.2 Å². The third-order valence-electron chi connectivity index (χ3n) is 3.99. The van der Waals surface area contributed by atoms with E-state index in [0.29, 0.717) is 6.54 Å². The summed E-state index contributed by atoms with van der Waals surface area (Å²) in [6.45, 7) is 6.53. The third kappa shape index (κ3) is 4.70. The van der Waals surface area contributed by atoms with Gasteiger partial charge in [0.1, 0.15) is 5.75 Å². The molecule has 1 amide bonds. The lowest BCUT2D eigenvalue weighted by molar-refractivity contribution is -0.122. The number of amides is 1. The van der Waals surface area contributed by atoms with Crippen molar-refractivity contribution in [2.45, 2.75) is 26.2 Å². The number of nitrogens with one attached hydrogen (secondary N) is 2. The van der Waals surface area contributed by atoms with E-state index in [4.69, 9.17) is 4.74 Å². The van der Waals surface area contributed by atoms with Crippen LogP contribution in [0, 0.1) is 0 Å². The quantitative estimate of drug-likeness (QED) is 0.736. The molecule has 0 bridgehead atoms. The second-order valence-corrected chi connectivity index (χ2v) is 5.74. The first-order valence-electron chi connectivity index (χ1n) is 8.22. The lowest BCUT2D eigenvalue weighted by Gasteiger charge is -2.14. The minimum atomic E-state index is -0.160. The molecule has 0 radical (unpaired) electrons. The summed E-state index contributed by atoms with van der Waals surface area (Å²) >= 11 is 0. The van der Waals surface area contributed by atoms with Gasteiger partial charge < -0.3 is 15.4 Å². The molecule has 2 N–H and O–H groups in total. The maximum atomic E-state index is 12.3. The zero-order chi connectivity index (χ0) is 16.7. The smallest absolute Gasteiger partial charge is 0.227 e. The predicted molar refractivity (Wildman–Crippen MR) is 95.1 cm³/mol. The number of carbonyl (C=O) groups is 1. The first-order valence-corrected chi connectivity index (χ1v) is 8.22. The van der Waals surface area contributed by atoms with Crippen LogP contribution in [0.5, 0.6) is 5.75 Å². The molecule has 2 aromatic rings. The second-order valence-electron chi connectivity index (χ2n) is 5.74. The van der Waals surface area contributed by atoms with E-state index in [-0.39, 0.29) is 11.8 Å². The Bertz CT molecular complexity index is 655. The lowest BCUT2D eigenvalue weighted by atomic mass is 9.97. The zero-order valence-corrected chi connectivity index (χ0v) is 14.2. The van der Waals surface area contributed by atoms with Gasteiger partial charge >= 0.3 is 0 Å². The van der Waals surface area contributed by atoms with E-state index in [0.717, 1.165) is 41.6 Å². The summed E-state index contributed by atoms with van der Waals surface area (Å²) in [6, 6.07) is 12.1. The summed E-state index contributed by atoms with van der Waals surface area (Å²) in [7, 11) is 1.66. The first-order chi connectivity index (χ1) is 11.2. The van der Waals surface area contributed by atoms with Crippen molar-refractivity contribution >= 4 is 16.7 Å². The van der Waals surface area contributed by atoms with Crippen LogP contribution >= 0.6 is 0 Å². The Kier molecular flexibility index (Phi) is 6.41. The number of fused-ring (bicyclic) bond motifs is 1. The average molecular weight is 314 g/mol. The molecule has 4 heteroatoms. The van der Waals surface area contributed by atoms with E-state index in [2.05, 4.69) is 23.6 Å². The lowest BCUT2D eigenvalue weighted by Crippen LogP contribution is -2.34. The van der Waals surface area contributed by atoms with Gasteiger partial charge in [-0.15, -0.1) is 0 Å². The molecule has 0 saturated heterocycles. The molecule has 0 heterocycles. The van der Waals surface area contributed by atoms with Gasteiger partial charge in [0.25, 0.3) is 0 Å². The van der Waals surface area contributed by atoms with Crippen LogP contribution in [-0.2, 0) is 4.79 Å². The highest BCUT2D eigenvalue weighted by atomic mass is 16.5. The Morgan fingerprint density at radius 2 is 1.83 bits per heavy atom. The molecule has 0 aliphatic rings. The van der Waals surface area contributed by atoms with Crippen molar-refractivity contribution < 1.29 is 9.53 Å². The van der Waals surface area contributed by atoms with Crippen LogP contribution in [0.3, 0.4) is 0 Å². The Morgan fingerprint density at radius 1 is 1.09 bits per heavy atom. The maximum Gasteiger partial charge on any atom is 0.227 e. The van der Waals surface area contributed by atoms with Crippen LogP contribution < -0.4 is 15.4 Å². The van der Waals surface area contributed by atoms with Crippen LogP contribution in [0.2, 0.25) is 0 Å². The topological polar surface area (TPSA) is 50.4 Å². The van der Waals surface area contributed by atoms with Gasteiger partial charge in [0, 0.05) is 13.1 Å². The molecule has 2 rings (SSSR count). The molecule has 23 heavy (non-hydrogen) atoms. The highest BCUT2D eigenvalue weighted by molar-refractivity contribution is 5.88.